The highest BCUT2D eigenvalue weighted by Crippen LogP contribution is 2.26. The Morgan fingerprint density at radius 3 is 2.86 bits per heavy atom. The van der Waals surface area contributed by atoms with Crippen LogP contribution in [-0.2, 0) is 9.59 Å². The zero-order valence-electron chi connectivity index (χ0n) is 11.2. The van der Waals surface area contributed by atoms with Crippen LogP contribution in [0.4, 0.5) is 5.69 Å². The average Bonchev–Trinajstić information content (AvgIpc) is 2.42. The first-order valence-corrected chi connectivity index (χ1v) is 8.05. The van der Waals surface area contributed by atoms with E-state index in [9.17, 15) is 9.59 Å². The zero-order valence-corrected chi connectivity index (χ0v) is 14.4. The lowest BCUT2D eigenvalue weighted by Gasteiger charge is -2.33. The third kappa shape index (κ3) is 4.50. The van der Waals surface area contributed by atoms with Crippen molar-refractivity contribution in [2.24, 2.45) is 5.73 Å². The van der Waals surface area contributed by atoms with E-state index in [2.05, 4.69) is 42.5 Å². The van der Waals surface area contributed by atoms with Gasteiger partial charge in [-0.15, -0.1) is 0 Å². The minimum Gasteiger partial charge on any atom is -0.368 e. The van der Waals surface area contributed by atoms with E-state index >= 15 is 0 Å². The van der Waals surface area contributed by atoms with Crippen LogP contribution in [0.15, 0.2) is 27.1 Å². The molecule has 2 amide bonds. The van der Waals surface area contributed by atoms with E-state index in [0.29, 0.717) is 18.8 Å². The van der Waals surface area contributed by atoms with E-state index < -0.39 is 11.9 Å². The monoisotopic (exact) mass is 418 g/mol. The predicted molar refractivity (Wildman–Crippen MR) is 87.9 cm³/mol. The molecule has 2 rings (SSSR count). The first kappa shape index (κ1) is 16.4. The van der Waals surface area contributed by atoms with E-state index in [-0.39, 0.29) is 12.5 Å². The molecule has 1 atom stereocenters. The number of benzene rings is 1. The Balaban J connectivity index is 1.98. The second-order valence-corrected chi connectivity index (χ2v) is 6.54. The Morgan fingerprint density at radius 2 is 2.19 bits per heavy atom. The van der Waals surface area contributed by atoms with Crippen molar-refractivity contribution in [3.63, 3.8) is 0 Å². The summed E-state index contributed by atoms with van der Waals surface area (Å²) in [6.45, 7) is 1.96. The highest BCUT2D eigenvalue weighted by atomic mass is 79.9. The Hall–Kier alpha value is -0.960. The van der Waals surface area contributed by atoms with Gasteiger partial charge in [-0.1, -0.05) is 15.9 Å². The first-order chi connectivity index (χ1) is 9.97. The molecular weight excluding hydrogens is 404 g/mol. The molecule has 1 aromatic carbocycles. The van der Waals surface area contributed by atoms with Crippen molar-refractivity contribution < 1.29 is 9.59 Å². The molecule has 1 aliphatic rings. The number of primary amides is 1. The van der Waals surface area contributed by atoms with Crippen LogP contribution < -0.4 is 16.4 Å². The predicted octanol–water partition coefficient (Wildman–Crippen LogP) is 0.909. The molecule has 0 aliphatic carbocycles. The van der Waals surface area contributed by atoms with Gasteiger partial charge in [-0.2, -0.15) is 0 Å². The number of carbonyl (C=O) groups excluding carboxylic acids is 2. The maximum Gasteiger partial charge on any atom is 0.238 e. The summed E-state index contributed by atoms with van der Waals surface area (Å²) in [6, 6.07) is 5.05. The van der Waals surface area contributed by atoms with E-state index in [1.54, 1.807) is 11.0 Å². The van der Waals surface area contributed by atoms with Crippen molar-refractivity contribution in [2.45, 2.75) is 6.04 Å². The van der Waals surface area contributed by atoms with Gasteiger partial charge in [-0.25, -0.2) is 0 Å². The van der Waals surface area contributed by atoms with Gasteiger partial charge < -0.3 is 16.4 Å². The first-order valence-electron chi connectivity index (χ1n) is 6.46. The third-order valence-electron chi connectivity index (χ3n) is 3.23. The molecule has 0 radical (unpaired) electrons. The van der Waals surface area contributed by atoms with Gasteiger partial charge in [-0.3, -0.25) is 14.5 Å². The number of carbonyl (C=O) groups is 2. The maximum absolute atomic E-state index is 12.1. The standard InChI is InChI=1S/C13H16Br2N4O2/c14-8-1-2-10(9(15)5-8)18-12(20)7-19-4-3-17-6-11(19)13(16)21/h1-2,5,11,17H,3-4,6-7H2,(H2,16,21)(H,18,20). The van der Waals surface area contributed by atoms with Gasteiger partial charge in [0.15, 0.2) is 0 Å². The molecule has 0 aromatic heterocycles. The fraction of sp³-hybridized carbons (Fsp3) is 0.385. The number of hydrogen-bond acceptors (Lipinski definition) is 4. The van der Waals surface area contributed by atoms with Gasteiger partial charge in [-0.05, 0) is 34.1 Å². The second kappa shape index (κ2) is 7.35. The van der Waals surface area contributed by atoms with Crippen molar-refractivity contribution >= 4 is 49.4 Å². The maximum atomic E-state index is 12.1. The molecule has 0 saturated carbocycles. The summed E-state index contributed by atoms with van der Waals surface area (Å²) < 4.78 is 1.71. The Morgan fingerprint density at radius 1 is 1.43 bits per heavy atom. The number of nitrogens with one attached hydrogen (secondary N) is 2. The van der Waals surface area contributed by atoms with Gasteiger partial charge >= 0.3 is 0 Å². The third-order valence-corrected chi connectivity index (χ3v) is 4.38. The lowest BCUT2D eigenvalue weighted by Crippen LogP contribution is -2.58. The van der Waals surface area contributed by atoms with Crippen LogP contribution in [0.2, 0.25) is 0 Å². The van der Waals surface area contributed by atoms with Crippen LogP contribution in [-0.4, -0.2) is 48.9 Å². The minimum absolute atomic E-state index is 0.137. The number of amides is 2. The van der Waals surface area contributed by atoms with Crippen molar-refractivity contribution in [3.8, 4) is 0 Å². The van der Waals surface area contributed by atoms with E-state index in [4.69, 9.17) is 5.73 Å². The van der Waals surface area contributed by atoms with E-state index in [0.717, 1.165) is 15.5 Å². The average molecular weight is 420 g/mol. The zero-order chi connectivity index (χ0) is 15.4. The molecular formula is C13H16Br2N4O2. The number of halogens is 2. The molecule has 1 fully saturated rings. The number of piperazine rings is 1. The normalized spacial score (nSPS) is 19.2. The molecule has 8 heteroatoms. The fourth-order valence-electron chi connectivity index (χ4n) is 2.18. The molecule has 4 N–H and O–H groups in total. The Bertz CT molecular complexity index is 553. The van der Waals surface area contributed by atoms with Crippen molar-refractivity contribution in [3.05, 3.63) is 27.1 Å². The fourth-order valence-corrected chi connectivity index (χ4v) is 3.33. The van der Waals surface area contributed by atoms with Gasteiger partial charge in [0.1, 0.15) is 6.04 Å². The van der Waals surface area contributed by atoms with Gasteiger partial charge in [0.2, 0.25) is 11.8 Å². The van der Waals surface area contributed by atoms with Crippen LogP contribution >= 0.6 is 31.9 Å². The number of rotatable bonds is 4. The molecule has 1 aliphatic heterocycles. The number of hydrogen-bond donors (Lipinski definition) is 3. The van der Waals surface area contributed by atoms with Gasteiger partial charge in [0.05, 0.1) is 12.2 Å². The quantitative estimate of drug-likeness (QED) is 0.676. The van der Waals surface area contributed by atoms with E-state index in [1.165, 1.54) is 0 Å². The summed E-state index contributed by atoms with van der Waals surface area (Å²) in [5, 5.41) is 5.92. The highest BCUT2D eigenvalue weighted by Gasteiger charge is 2.28. The topological polar surface area (TPSA) is 87.5 Å². The summed E-state index contributed by atoms with van der Waals surface area (Å²) in [5.41, 5.74) is 6.05. The molecule has 1 saturated heterocycles. The Kier molecular flexibility index (Phi) is 5.74. The van der Waals surface area contributed by atoms with Crippen LogP contribution in [0.5, 0.6) is 0 Å². The highest BCUT2D eigenvalue weighted by molar-refractivity contribution is 9.11. The lowest BCUT2D eigenvalue weighted by atomic mass is 10.2. The number of nitrogens with zero attached hydrogens (tertiary/aromatic N) is 1. The lowest BCUT2D eigenvalue weighted by molar-refractivity contribution is -0.125. The molecule has 0 spiro atoms. The Labute approximate surface area is 139 Å². The number of nitrogens with two attached hydrogens (primary N) is 1. The molecule has 1 heterocycles. The minimum atomic E-state index is -0.446. The van der Waals surface area contributed by atoms with Crippen molar-refractivity contribution in [2.75, 3.05) is 31.5 Å². The molecule has 0 bridgehead atoms. The SMILES string of the molecule is NC(=O)C1CNCCN1CC(=O)Nc1ccc(Br)cc1Br. The molecule has 1 aromatic rings. The molecule has 21 heavy (non-hydrogen) atoms. The van der Waals surface area contributed by atoms with Gasteiger partial charge in [0.25, 0.3) is 0 Å². The van der Waals surface area contributed by atoms with Crippen LogP contribution in [0.1, 0.15) is 0 Å². The van der Waals surface area contributed by atoms with Crippen molar-refractivity contribution in [1.82, 2.24) is 10.2 Å². The smallest absolute Gasteiger partial charge is 0.238 e. The van der Waals surface area contributed by atoms with Gasteiger partial charge in [0, 0.05) is 28.6 Å². The van der Waals surface area contributed by atoms with Crippen LogP contribution in [0.3, 0.4) is 0 Å². The van der Waals surface area contributed by atoms with Crippen LogP contribution in [0, 0.1) is 0 Å². The summed E-state index contributed by atoms with van der Waals surface area (Å²) in [5.74, 6) is -0.592. The largest absolute Gasteiger partial charge is 0.368 e. The summed E-state index contributed by atoms with van der Waals surface area (Å²) in [7, 11) is 0. The summed E-state index contributed by atoms with van der Waals surface area (Å²) >= 11 is 6.75. The summed E-state index contributed by atoms with van der Waals surface area (Å²) in [6.07, 6.45) is 0. The molecule has 1 unspecified atom stereocenters. The van der Waals surface area contributed by atoms with Crippen LogP contribution in [0.25, 0.3) is 0 Å². The number of anilines is 1. The molecule has 6 nitrogen and oxygen atoms in total. The summed E-state index contributed by atoms with van der Waals surface area (Å²) in [4.78, 5) is 25.3. The second-order valence-electron chi connectivity index (χ2n) is 4.77. The molecule has 114 valence electrons. The van der Waals surface area contributed by atoms with Crippen molar-refractivity contribution in [1.29, 1.82) is 0 Å². The van der Waals surface area contributed by atoms with E-state index in [1.807, 2.05) is 12.1 Å².